The van der Waals surface area contributed by atoms with E-state index in [0.29, 0.717) is 67.5 Å². The number of hydrogen-bond acceptors (Lipinski definition) is 7. The second kappa shape index (κ2) is 11.0. The number of rotatable bonds is 9. The summed E-state index contributed by atoms with van der Waals surface area (Å²) < 4.78 is 1.81. The van der Waals surface area contributed by atoms with Crippen LogP contribution >= 0.6 is 0 Å². The van der Waals surface area contributed by atoms with E-state index in [1.807, 2.05) is 10.7 Å². The van der Waals surface area contributed by atoms with E-state index in [1.165, 1.54) is 0 Å². The molecule has 1 fully saturated rings. The first-order chi connectivity index (χ1) is 17.6. The number of nitrogens with zero attached hydrogens (tertiary/aromatic N) is 2. The summed E-state index contributed by atoms with van der Waals surface area (Å²) >= 11 is 0. The Morgan fingerprint density at radius 2 is 1.89 bits per heavy atom. The van der Waals surface area contributed by atoms with Gasteiger partial charge in [-0.05, 0) is 75.0 Å². The lowest BCUT2D eigenvalue weighted by Gasteiger charge is -2.29. The Bertz CT molecular complexity index is 1180. The Morgan fingerprint density at radius 1 is 1.16 bits per heavy atom. The van der Waals surface area contributed by atoms with Crippen molar-refractivity contribution in [1.29, 1.82) is 0 Å². The lowest BCUT2D eigenvalue weighted by atomic mass is 9.75. The number of amides is 2. The summed E-state index contributed by atoms with van der Waals surface area (Å²) in [5.41, 5.74) is 11.0. The molecule has 10 heteroatoms. The summed E-state index contributed by atoms with van der Waals surface area (Å²) in [4.78, 5) is 36.7. The molecule has 0 spiro atoms. The number of ketones is 1. The van der Waals surface area contributed by atoms with Gasteiger partial charge in [0, 0.05) is 24.6 Å². The Kier molecular flexibility index (Phi) is 7.99. The molecule has 2 aromatic rings. The largest absolute Gasteiger partial charge is 0.393 e. The van der Waals surface area contributed by atoms with Crippen LogP contribution in [0.25, 0.3) is 5.69 Å². The Labute approximate surface area is 216 Å². The van der Waals surface area contributed by atoms with Crippen LogP contribution in [-0.4, -0.2) is 49.8 Å². The molecule has 4 rings (SSSR count). The average Bonchev–Trinajstić information content (AvgIpc) is 3.20. The Hall–Kier alpha value is -3.24. The van der Waals surface area contributed by atoms with E-state index in [0.717, 1.165) is 24.2 Å². The van der Waals surface area contributed by atoms with E-state index in [2.05, 4.69) is 19.2 Å². The van der Waals surface area contributed by atoms with Crippen LogP contribution in [-0.2, 0) is 17.6 Å². The molecule has 0 aliphatic heterocycles. The van der Waals surface area contributed by atoms with E-state index in [-0.39, 0.29) is 29.8 Å². The van der Waals surface area contributed by atoms with E-state index < -0.39 is 11.8 Å². The van der Waals surface area contributed by atoms with Crippen molar-refractivity contribution in [1.82, 2.24) is 15.3 Å². The number of aromatic nitrogens is 2. The number of aliphatic hydroxyl groups excluding tert-OH is 1. The zero-order chi connectivity index (χ0) is 26.7. The third-order valence-corrected chi connectivity index (χ3v) is 7.38. The molecule has 10 nitrogen and oxygen atoms in total. The molecule has 37 heavy (non-hydrogen) atoms. The minimum absolute atomic E-state index is 0.0634. The normalized spacial score (nSPS) is 20.8. The summed E-state index contributed by atoms with van der Waals surface area (Å²) in [7, 11) is 0. The number of benzene rings is 1. The number of fused-ring (bicyclic) bond motifs is 1. The van der Waals surface area contributed by atoms with Crippen LogP contribution in [0.1, 0.15) is 97.3 Å². The molecule has 2 amide bonds. The topological polar surface area (TPSA) is 160 Å². The second-order valence-electron chi connectivity index (χ2n) is 11.1. The number of aryl methyl sites for hydroxylation is 1. The van der Waals surface area contributed by atoms with Crippen molar-refractivity contribution >= 4 is 23.3 Å². The zero-order valence-corrected chi connectivity index (χ0v) is 21.5. The zero-order valence-electron chi connectivity index (χ0n) is 21.5. The number of aliphatic hydroxyl groups is 1. The number of carbonyl (C=O) groups is 3. The smallest absolute Gasteiger partial charge is 0.250 e. The first kappa shape index (κ1) is 26.8. The van der Waals surface area contributed by atoms with Crippen LogP contribution in [0.2, 0.25) is 0 Å². The van der Waals surface area contributed by atoms with Gasteiger partial charge in [0.15, 0.2) is 5.78 Å². The minimum Gasteiger partial charge on any atom is -0.393 e. The number of primary amides is 1. The Balaban J connectivity index is 1.68. The van der Waals surface area contributed by atoms with Crippen molar-refractivity contribution in [3.63, 3.8) is 0 Å². The van der Waals surface area contributed by atoms with Gasteiger partial charge in [-0.2, -0.15) is 5.10 Å². The SMILES string of the molecule is CC1(C)CC(=O)c2c(CCCCC(=O)NO)nn(-c3ccc(C(N)=O)c(NC4CCC(O)CC4)c3)c2C1. The van der Waals surface area contributed by atoms with E-state index in [1.54, 1.807) is 17.6 Å². The molecule has 1 aromatic heterocycles. The molecule has 2 aliphatic rings. The van der Waals surface area contributed by atoms with Gasteiger partial charge >= 0.3 is 0 Å². The molecule has 1 saturated carbocycles. The molecule has 0 radical (unpaired) electrons. The quantitative estimate of drug-likeness (QED) is 0.196. The van der Waals surface area contributed by atoms with Gasteiger partial charge in [0.2, 0.25) is 5.91 Å². The highest BCUT2D eigenvalue weighted by atomic mass is 16.5. The maximum atomic E-state index is 13.2. The predicted octanol–water partition coefficient (Wildman–Crippen LogP) is 3.06. The van der Waals surface area contributed by atoms with Crippen LogP contribution in [0, 0.1) is 5.41 Å². The highest BCUT2D eigenvalue weighted by Crippen LogP contribution is 2.38. The van der Waals surface area contributed by atoms with Crippen molar-refractivity contribution in [3.8, 4) is 5.69 Å². The van der Waals surface area contributed by atoms with Crippen LogP contribution < -0.4 is 16.5 Å². The van der Waals surface area contributed by atoms with Crippen molar-refractivity contribution in [3.05, 3.63) is 40.7 Å². The van der Waals surface area contributed by atoms with Crippen molar-refractivity contribution in [2.75, 3.05) is 5.32 Å². The summed E-state index contributed by atoms with van der Waals surface area (Å²) in [6.45, 7) is 4.14. The molecular formula is C27H37N5O5. The molecular weight excluding hydrogens is 474 g/mol. The first-order valence-electron chi connectivity index (χ1n) is 13.0. The number of unbranched alkanes of at least 4 members (excludes halogenated alkanes) is 1. The summed E-state index contributed by atoms with van der Waals surface area (Å²) in [6, 6.07) is 5.47. The van der Waals surface area contributed by atoms with Gasteiger partial charge in [0.1, 0.15) is 0 Å². The van der Waals surface area contributed by atoms with E-state index >= 15 is 0 Å². The van der Waals surface area contributed by atoms with Crippen molar-refractivity contribution in [2.24, 2.45) is 11.1 Å². The number of hydroxylamine groups is 1. The molecule has 6 N–H and O–H groups in total. The standard InChI is InChI=1S/C27H37N5O5/c1-27(2)14-22-25(23(34)15-27)20(5-3-4-6-24(35)31-37)30-32(22)17-9-12-19(26(28)36)21(13-17)29-16-7-10-18(33)11-8-16/h9,12-13,16,18,29,33,37H,3-8,10-11,14-15H2,1-2H3,(H2,28,36)(H,31,35). The van der Waals surface area contributed by atoms with Gasteiger partial charge in [0.25, 0.3) is 5.91 Å². The van der Waals surface area contributed by atoms with Gasteiger partial charge < -0.3 is 16.2 Å². The van der Waals surface area contributed by atoms with Gasteiger partial charge in [-0.25, -0.2) is 10.2 Å². The van der Waals surface area contributed by atoms with Gasteiger partial charge in [0.05, 0.1) is 34.3 Å². The molecule has 0 bridgehead atoms. The fourth-order valence-electron chi connectivity index (χ4n) is 5.49. The number of carbonyl (C=O) groups excluding carboxylic acids is 3. The molecule has 2 aliphatic carbocycles. The van der Waals surface area contributed by atoms with Crippen LogP contribution in [0.3, 0.4) is 0 Å². The molecule has 0 saturated heterocycles. The van der Waals surface area contributed by atoms with Crippen LogP contribution in [0.15, 0.2) is 18.2 Å². The molecule has 200 valence electrons. The third-order valence-electron chi connectivity index (χ3n) is 7.38. The van der Waals surface area contributed by atoms with Crippen LogP contribution in [0.4, 0.5) is 5.69 Å². The number of nitrogens with one attached hydrogen (secondary N) is 2. The van der Waals surface area contributed by atoms with Crippen molar-refractivity contribution < 1.29 is 24.7 Å². The number of anilines is 1. The second-order valence-corrected chi connectivity index (χ2v) is 11.1. The fraction of sp³-hybridized carbons (Fsp3) is 0.556. The maximum Gasteiger partial charge on any atom is 0.250 e. The number of nitrogens with two attached hydrogens (primary N) is 1. The molecule has 1 aromatic carbocycles. The molecule has 1 heterocycles. The van der Waals surface area contributed by atoms with E-state index in [4.69, 9.17) is 16.0 Å². The first-order valence-corrected chi connectivity index (χ1v) is 13.0. The number of hydrogen-bond donors (Lipinski definition) is 5. The highest BCUT2D eigenvalue weighted by Gasteiger charge is 2.36. The van der Waals surface area contributed by atoms with Crippen LogP contribution in [0.5, 0.6) is 0 Å². The summed E-state index contributed by atoms with van der Waals surface area (Å²) in [5, 5.41) is 26.9. The van der Waals surface area contributed by atoms with Gasteiger partial charge in [-0.3, -0.25) is 19.6 Å². The van der Waals surface area contributed by atoms with Crippen molar-refractivity contribution in [2.45, 2.75) is 90.2 Å². The Morgan fingerprint density at radius 3 is 2.57 bits per heavy atom. The monoisotopic (exact) mass is 511 g/mol. The minimum atomic E-state index is -0.531. The lowest BCUT2D eigenvalue weighted by molar-refractivity contribution is -0.129. The fourth-order valence-corrected chi connectivity index (χ4v) is 5.49. The number of Topliss-reactive ketones (excluding diaryl/α,β-unsaturated/α-hetero) is 1. The highest BCUT2D eigenvalue weighted by molar-refractivity contribution is 6.00. The third kappa shape index (κ3) is 6.19. The van der Waals surface area contributed by atoms with E-state index in [9.17, 15) is 19.5 Å². The van der Waals surface area contributed by atoms with Gasteiger partial charge in [-0.15, -0.1) is 0 Å². The lowest BCUT2D eigenvalue weighted by Crippen LogP contribution is -2.29. The van der Waals surface area contributed by atoms with Gasteiger partial charge in [-0.1, -0.05) is 13.8 Å². The molecule has 0 atom stereocenters. The average molecular weight is 512 g/mol. The summed E-state index contributed by atoms with van der Waals surface area (Å²) in [6.07, 6.45) is 5.77. The maximum absolute atomic E-state index is 13.2. The summed E-state index contributed by atoms with van der Waals surface area (Å²) in [5.74, 6) is -0.905. The molecule has 0 unspecified atom stereocenters. The predicted molar refractivity (Wildman–Crippen MR) is 138 cm³/mol.